The molecule has 0 aromatic carbocycles. The molecule has 1 aliphatic heterocycles. The highest BCUT2D eigenvalue weighted by molar-refractivity contribution is 5.69. The van der Waals surface area contributed by atoms with Crippen molar-refractivity contribution in [3.63, 3.8) is 0 Å². The highest BCUT2D eigenvalue weighted by Crippen LogP contribution is 2.45. The molecule has 2 aliphatic rings. The van der Waals surface area contributed by atoms with E-state index in [-0.39, 0.29) is 11.6 Å². The molecule has 2 fully saturated rings. The van der Waals surface area contributed by atoms with Crippen molar-refractivity contribution in [3.8, 4) is 0 Å². The zero-order valence-electron chi connectivity index (χ0n) is 14.3. The van der Waals surface area contributed by atoms with E-state index in [1.54, 1.807) is 6.20 Å². The Bertz CT molecular complexity index is 532. The molecule has 1 aromatic rings. The summed E-state index contributed by atoms with van der Waals surface area (Å²) < 4.78 is 10.9. The highest BCUT2D eigenvalue weighted by atomic mass is 16.6. The molecule has 1 aliphatic carbocycles. The highest BCUT2D eigenvalue weighted by Gasteiger charge is 2.49. The van der Waals surface area contributed by atoms with E-state index < -0.39 is 5.60 Å². The quantitative estimate of drug-likeness (QED) is 0.926. The van der Waals surface area contributed by atoms with Gasteiger partial charge in [0.25, 0.3) is 0 Å². The zero-order valence-corrected chi connectivity index (χ0v) is 14.3. The van der Waals surface area contributed by atoms with Gasteiger partial charge in [-0.05, 0) is 52.9 Å². The van der Waals surface area contributed by atoms with Crippen molar-refractivity contribution in [2.24, 2.45) is 0 Å². The van der Waals surface area contributed by atoms with Gasteiger partial charge >= 0.3 is 6.09 Å². The number of carbonyl (C=O) groups is 1. The molecular weight excluding hydrogens is 294 g/mol. The van der Waals surface area contributed by atoms with Gasteiger partial charge in [-0.1, -0.05) is 0 Å². The molecule has 6 heteroatoms. The molecule has 1 spiro atoms. The summed E-state index contributed by atoms with van der Waals surface area (Å²) in [4.78, 5) is 18.4. The third-order valence-electron chi connectivity index (χ3n) is 4.85. The predicted molar refractivity (Wildman–Crippen MR) is 85.9 cm³/mol. The molecule has 128 valence electrons. The van der Waals surface area contributed by atoms with E-state index in [4.69, 9.17) is 9.15 Å². The van der Waals surface area contributed by atoms with Crippen LogP contribution in [0.15, 0.2) is 17.0 Å². The van der Waals surface area contributed by atoms with Crippen LogP contribution in [-0.4, -0.2) is 39.7 Å². The van der Waals surface area contributed by atoms with Crippen molar-refractivity contribution in [3.05, 3.63) is 18.4 Å². The molecule has 1 unspecified atom stereocenters. The number of nitrogens with one attached hydrogen (secondary N) is 1. The summed E-state index contributed by atoms with van der Waals surface area (Å²) in [7, 11) is 0. The summed E-state index contributed by atoms with van der Waals surface area (Å²) in [6, 6.07) is 0.402. The summed E-state index contributed by atoms with van der Waals surface area (Å²) in [6.07, 6.45) is 8.30. The van der Waals surface area contributed by atoms with E-state index in [1.165, 1.54) is 12.8 Å². The molecular formula is C17H27N3O3. The lowest BCUT2D eigenvalue weighted by molar-refractivity contribution is -0.0495. The number of nitrogens with zero attached hydrogens (tertiary/aromatic N) is 2. The molecule has 1 aromatic heterocycles. The lowest BCUT2D eigenvalue weighted by atomic mass is 9.69. The first-order valence-electron chi connectivity index (χ1n) is 8.49. The Hall–Kier alpha value is -1.56. The van der Waals surface area contributed by atoms with Crippen LogP contribution in [0.3, 0.4) is 0 Å². The van der Waals surface area contributed by atoms with Crippen LogP contribution in [0.5, 0.6) is 0 Å². The number of aromatic nitrogens is 1. The second-order valence-corrected chi connectivity index (χ2v) is 7.75. The van der Waals surface area contributed by atoms with Crippen LogP contribution in [0.1, 0.15) is 58.6 Å². The standard InChI is InChI=1S/C17H27N3O3/c1-16(2,3)23-15(21)20-8-5-13(9-17(20)6-4-7-17)19-11-14-10-18-12-22-14/h10,12-13,19H,4-9,11H2,1-3H3. The molecule has 2 heterocycles. The number of carbonyl (C=O) groups excluding carboxylic acids is 1. The van der Waals surface area contributed by atoms with Gasteiger partial charge in [-0.25, -0.2) is 9.78 Å². The predicted octanol–water partition coefficient (Wildman–Crippen LogP) is 3.09. The fourth-order valence-electron chi connectivity index (χ4n) is 3.60. The van der Waals surface area contributed by atoms with Gasteiger partial charge in [0.1, 0.15) is 11.4 Å². The number of hydrogen-bond donors (Lipinski definition) is 1. The smallest absolute Gasteiger partial charge is 0.410 e. The van der Waals surface area contributed by atoms with Crippen molar-refractivity contribution in [1.82, 2.24) is 15.2 Å². The van der Waals surface area contributed by atoms with Crippen molar-refractivity contribution >= 4 is 6.09 Å². The molecule has 6 nitrogen and oxygen atoms in total. The molecule has 1 saturated carbocycles. The van der Waals surface area contributed by atoms with Gasteiger partial charge in [0, 0.05) is 18.1 Å². The molecule has 1 atom stereocenters. The Kier molecular flexibility index (Phi) is 4.36. The Morgan fingerprint density at radius 3 is 2.87 bits per heavy atom. The number of ether oxygens (including phenoxy) is 1. The van der Waals surface area contributed by atoms with Gasteiger partial charge < -0.3 is 19.4 Å². The van der Waals surface area contributed by atoms with Crippen LogP contribution in [0.25, 0.3) is 0 Å². The van der Waals surface area contributed by atoms with Crippen molar-refractivity contribution in [2.45, 2.75) is 76.6 Å². The second-order valence-electron chi connectivity index (χ2n) is 7.75. The van der Waals surface area contributed by atoms with E-state index in [0.29, 0.717) is 12.6 Å². The number of piperidine rings is 1. The van der Waals surface area contributed by atoms with Crippen molar-refractivity contribution < 1.29 is 13.9 Å². The molecule has 1 N–H and O–H groups in total. The van der Waals surface area contributed by atoms with E-state index in [2.05, 4.69) is 10.3 Å². The minimum atomic E-state index is -0.441. The minimum absolute atomic E-state index is 0.0142. The maximum atomic E-state index is 12.5. The fraction of sp³-hybridized carbons (Fsp3) is 0.765. The van der Waals surface area contributed by atoms with Crippen molar-refractivity contribution in [2.75, 3.05) is 6.54 Å². The van der Waals surface area contributed by atoms with Gasteiger partial charge in [-0.15, -0.1) is 0 Å². The largest absolute Gasteiger partial charge is 0.447 e. The minimum Gasteiger partial charge on any atom is -0.447 e. The average molecular weight is 321 g/mol. The number of amides is 1. The maximum absolute atomic E-state index is 12.5. The van der Waals surface area contributed by atoms with Crippen LogP contribution in [0.4, 0.5) is 4.79 Å². The zero-order chi connectivity index (χ0) is 16.5. The number of hydrogen-bond acceptors (Lipinski definition) is 5. The summed E-state index contributed by atoms with van der Waals surface area (Å²) in [5.41, 5.74) is -0.455. The molecule has 0 radical (unpaired) electrons. The summed E-state index contributed by atoms with van der Waals surface area (Å²) in [6.45, 7) is 7.20. The summed E-state index contributed by atoms with van der Waals surface area (Å²) >= 11 is 0. The van der Waals surface area contributed by atoms with Crippen LogP contribution < -0.4 is 5.32 Å². The first-order valence-corrected chi connectivity index (χ1v) is 8.49. The number of oxazole rings is 1. The first-order chi connectivity index (χ1) is 10.9. The fourth-order valence-corrected chi connectivity index (χ4v) is 3.60. The first kappa shape index (κ1) is 16.3. The molecule has 23 heavy (non-hydrogen) atoms. The molecule has 1 saturated heterocycles. The van der Waals surface area contributed by atoms with Crippen molar-refractivity contribution in [1.29, 1.82) is 0 Å². The Labute approximate surface area is 137 Å². The Morgan fingerprint density at radius 1 is 1.52 bits per heavy atom. The van der Waals surface area contributed by atoms with E-state index in [9.17, 15) is 4.79 Å². The lowest BCUT2D eigenvalue weighted by Crippen LogP contribution is -2.63. The van der Waals surface area contributed by atoms with E-state index in [0.717, 1.165) is 38.0 Å². The average Bonchev–Trinajstić information content (AvgIpc) is 2.94. The number of rotatable bonds is 3. The van der Waals surface area contributed by atoms with Crippen LogP contribution in [0.2, 0.25) is 0 Å². The molecule has 1 amide bonds. The van der Waals surface area contributed by atoms with Gasteiger partial charge in [-0.3, -0.25) is 0 Å². The van der Waals surface area contributed by atoms with Crippen LogP contribution >= 0.6 is 0 Å². The Balaban J connectivity index is 1.59. The summed E-state index contributed by atoms with van der Waals surface area (Å²) in [5, 5.41) is 3.54. The molecule has 0 bridgehead atoms. The number of likely N-dealkylation sites (tertiary alicyclic amines) is 1. The van der Waals surface area contributed by atoms with E-state index in [1.807, 2.05) is 25.7 Å². The third-order valence-corrected chi connectivity index (χ3v) is 4.85. The topological polar surface area (TPSA) is 67.6 Å². The monoisotopic (exact) mass is 321 g/mol. The SMILES string of the molecule is CC(C)(C)OC(=O)N1CCC(NCc2cnco2)CC12CCC2. The van der Waals surface area contributed by atoms with Crippen LogP contribution in [0, 0.1) is 0 Å². The van der Waals surface area contributed by atoms with Gasteiger partial charge in [0.15, 0.2) is 6.39 Å². The lowest BCUT2D eigenvalue weighted by Gasteiger charge is -2.54. The van der Waals surface area contributed by atoms with Gasteiger partial charge in [0.2, 0.25) is 0 Å². The Morgan fingerprint density at radius 2 is 2.30 bits per heavy atom. The second kappa shape index (κ2) is 6.15. The van der Waals surface area contributed by atoms with Gasteiger partial charge in [-0.2, -0.15) is 0 Å². The normalized spacial score (nSPS) is 23.6. The maximum Gasteiger partial charge on any atom is 0.410 e. The van der Waals surface area contributed by atoms with Gasteiger partial charge in [0.05, 0.1) is 12.7 Å². The summed E-state index contributed by atoms with van der Waals surface area (Å²) in [5.74, 6) is 0.849. The van der Waals surface area contributed by atoms with Crippen LogP contribution in [-0.2, 0) is 11.3 Å². The van der Waals surface area contributed by atoms with E-state index >= 15 is 0 Å². The third kappa shape index (κ3) is 3.68. The molecule has 3 rings (SSSR count).